The molecule has 1 aliphatic carbocycles. The van der Waals surface area contributed by atoms with E-state index in [9.17, 15) is 0 Å². The first-order valence-electron chi connectivity index (χ1n) is 19.3. The van der Waals surface area contributed by atoms with Crippen molar-refractivity contribution in [2.45, 2.75) is 19.3 Å². The monoisotopic (exact) mass is 733 g/mol. The number of rotatable bonds is 4. The Morgan fingerprint density at radius 1 is 0.446 bits per heavy atom. The fourth-order valence-electron chi connectivity index (χ4n) is 9.45. The summed E-state index contributed by atoms with van der Waals surface area (Å²) >= 11 is 1.88. The number of thiophene rings is 1. The molecule has 2 nitrogen and oxygen atoms in total. The molecule has 0 unspecified atom stereocenters. The lowest BCUT2D eigenvalue weighted by Crippen LogP contribution is -2.15. The third-order valence-corrected chi connectivity index (χ3v) is 13.4. The molecule has 0 saturated carbocycles. The van der Waals surface area contributed by atoms with Crippen molar-refractivity contribution in [2.75, 3.05) is 4.90 Å². The summed E-state index contributed by atoms with van der Waals surface area (Å²) in [6, 6.07) is 64.6. The Labute approximate surface area is 328 Å². The summed E-state index contributed by atoms with van der Waals surface area (Å²) in [6.07, 6.45) is 0. The lowest BCUT2D eigenvalue weighted by molar-refractivity contribution is 0.660. The molecule has 0 atom stereocenters. The Morgan fingerprint density at radius 3 is 2.02 bits per heavy atom. The van der Waals surface area contributed by atoms with Crippen LogP contribution in [-0.2, 0) is 5.41 Å². The molecule has 12 rings (SSSR count). The van der Waals surface area contributed by atoms with Gasteiger partial charge in [0.2, 0.25) is 0 Å². The van der Waals surface area contributed by atoms with Crippen molar-refractivity contribution in [2.24, 2.45) is 0 Å². The summed E-state index contributed by atoms with van der Waals surface area (Å²) in [7, 11) is 0. The van der Waals surface area contributed by atoms with Crippen molar-refractivity contribution in [1.29, 1.82) is 0 Å². The number of hydrogen-bond acceptors (Lipinski definition) is 3. The van der Waals surface area contributed by atoms with Gasteiger partial charge in [-0.05, 0) is 110 Å². The molecule has 0 fully saturated rings. The third-order valence-electron chi connectivity index (χ3n) is 12.2. The third kappa shape index (κ3) is 4.55. The van der Waals surface area contributed by atoms with Crippen LogP contribution in [0.15, 0.2) is 180 Å². The largest absolute Gasteiger partial charge is 0.456 e. The van der Waals surface area contributed by atoms with Crippen LogP contribution in [0.25, 0.3) is 85.9 Å². The predicted molar refractivity (Wildman–Crippen MR) is 239 cm³/mol. The second-order valence-electron chi connectivity index (χ2n) is 15.7. The van der Waals surface area contributed by atoms with Gasteiger partial charge in [-0.2, -0.15) is 0 Å². The lowest BCUT2D eigenvalue weighted by atomic mass is 9.82. The van der Waals surface area contributed by atoms with Crippen LogP contribution in [0, 0.1) is 0 Å². The standard InChI is InChI=1S/C53H35NOS/c1-53(2)45-14-8-7-13-41(45)44-30-38(23-26-46(44)53)54(37-20-17-33(18-21-37)36-16-15-32-9-3-4-11-35(32)29-36)39-22-25-42-48(31-39)55-47-27-28-49-51(50(42)47)43-24-19-34-10-5-6-12-40(34)52(43)56-49/h3-31H,1-2H3. The minimum Gasteiger partial charge on any atom is -0.456 e. The van der Waals surface area contributed by atoms with E-state index in [4.69, 9.17) is 4.42 Å². The van der Waals surface area contributed by atoms with E-state index in [2.05, 4.69) is 195 Å². The van der Waals surface area contributed by atoms with Crippen molar-refractivity contribution >= 4 is 92.1 Å². The highest BCUT2D eigenvalue weighted by molar-refractivity contribution is 7.27. The van der Waals surface area contributed by atoms with E-state index in [0.717, 1.165) is 33.6 Å². The van der Waals surface area contributed by atoms with Crippen LogP contribution in [0.4, 0.5) is 17.1 Å². The van der Waals surface area contributed by atoms with Gasteiger partial charge in [-0.25, -0.2) is 0 Å². The molecule has 0 spiro atoms. The molecule has 3 heteroatoms. The average molecular weight is 734 g/mol. The molecule has 0 radical (unpaired) electrons. The van der Waals surface area contributed by atoms with Gasteiger partial charge >= 0.3 is 0 Å². The highest BCUT2D eigenvalue weighted by Crippen LogP contribution is 2.51. The molecule has 0 bridgehead atoms. The van der Waals surface area contributed by atoms with Gasteiger partial charge in [-0.15, -0.1) is 11.3 Å². The maximum atomic E-state index is 6.77. The fourth-order valence-corrected chi connectivity index (χ4v) is 10.7. The Hall–Kier alpha value is -6.68. The summed E-state index contributed by atoms with van der Waals surface area (Å²) in [5.41, 5.74) is 12.7. The van der Waals surface area contributed by atoms with Gasteiger partial charge in [-0.1, -0.05) is 129 Å². The van der Waals surface area contributed by atoms with Crippen molar-refractivity contribution in [1.82, 2.24) is 0 Å². The molecule has 2 aromatic heterocycles. The topological polar surface area (TPSA) is 16.4 Å². The molecule has 9 aromatic carbocycles. The molecular formula is C53H35NOS. The maximum absolute atomic E-state index is 6.77. The highest BCUT2D eigenvalue weighted by Gasteiger charge is 2.35. The van der Waals surface area contributed by atoms with E-state index in [0.29, 0.717) is 0 Å². The smallest absolute Gasteiger partial charge is 0.137 e. The zero-order valence-electron chi connectivity index (χ0n) is 31.0. The summed E-state index contributed by atoms with van der Waals surface area (Å²) in [4.78, 5) is 2.38. The Morgan fingerprint density at radius 2 is 1.12 bits per heavy atom. The van der Waals surface area contributed by atoms with E-state index >= 15 is 0 Å². The normalized spacial score (nSPS) is 13.3. The quantitative estimate of drug-likeness (QED) is 0.179. The van der Waals surface area contributed by atoms with E-state index in [1.54, 1.807) is 0 Å². The summed E-state index contributed by atoms with van der Waals surface area (Å²) in [5, 5.41) is 9.97. The second-order valence-corrected chi connectivity index (χ2v) is 16.8. The molecule has 56 heavy (non-hydrogen) atoms. The molecule has 1 aliphatic rings. The van der Waals surface area contributed by atoms with Gasteiger partial charge in [0.25, 0.3) is 0 Å². The summed E-state index contributed by atoms with van der Waals surface area (Å²) in [5.74, 6) is 0. The fraction of sp³-hybridized carbons (Fsp3) is 0.0566. The molecule has 11 aromatic rings. The number of nitrogens with zero attached hydrogens (tertiary/aromatic N) is 1. The molecule has 0 aliphatic heterocycles. The van der Waals surface area contributed by atoms with Gasteiger partial charge in [0, 0.05) is 59.5 Å². The van der Waals surface area contributed by atoms with E-state index in [1.165, 1.54) is 80.5 Å². The van der Waals surface area contributed by atoms with Crippen molar-refractivity contribution in [3.05, 3.63) is 187 Å². The van der Waals surface area contributed by atoms with Gasteiger partial charge in [0.05, 0.1) is 0 Å². The number of benzene rings is 9. The Bertz CT molecular complexity index is 3400. The van der Waals surface area contributed by atoms with Crippen LogP contribution in [-0.4, -0.2) is 0 Å². The van der Waals surface area contributed by atoms with Crippen LogP contribution >= 0.6 is 11.3 Å². The Kier molecular flexibility index (Phi) is 6.59. The van der Waals surface area contributed by atoms with Gasteiger partial charge in [-0.3, -0.25) is 0 Å². The average Bonchev–Trinajstić information content (AvgIpc) is 3.88. The van der Waals surface area contributed by atoms with Crippen molar-refractivity contribution in [3.63, 3.8) is 0 Å². The lowest BCUT2D eigenvalue weighted by Gasteiger charge is -2.27. The molecule has 0 saturated heterocycles. The van der Waals surface area contributed by atoms with Gasteiger partial charge in [0.1, 0.15) is 11.2 Å². The first kappa shape index (κ1) is 31.6. The molecule has 2 heterocycles. The molecule has 0 amide bonds. The first-order chi connectivity index (χ1) is 27.5. The number of anilines is 3. The van der Waals surface area contributed by atoms with E-state index < -0.39 is 0 Å². The van der Waals surface area contributed by atoms with Crippen LogP contribution < -0.4 is 4.90 Å². The van der Waals surface area contributed by atoms with Gasteiger partial charge in [0.15, 0.2) is 0 Å². The predicted octanol–water partition coefficient (Wildman–Crippen LogP) is 15.7. The maximum Gasteiger partial charge on any atom is 0.137 e. The van der Waals surface area contributed by atoms with E-state index in [-0.39, 0.29) is 5.41 Å². The molecule has 264 valence electrons. The zero-order chi connectivity index (χ0) is 37.1. The SMILES string of the molecule is CC1(C)c2ccccc2-c2cc(N(c3ccc(-c4ccc5ccccc5c4)cc3)c3ccc4c(c3)oc3ccc5sc6c7ccccc7ccc6c5c34)ccc21. The highest BCUT2D eigenvalue weighted by atomic mass is 32.1. The number of hydrogen-bond donors (Lipinski definition) is 0. The van der Waals surface area contributed by atoms with Crippen LogP contribution in [0.1, 0.15) is 25.0 Å². The van der Waals surface area contributed by atoms with Crippen LogP contribution in [0.2, 0.25) is 0 Å². The minimum absolute atomic E-state index is 0.0621. The van der Waals surface area contributed by atoms with Crippen molar-refractivity contribution < 1.29 is 4.42 Å². The minimum atomic E-state index is -0.0621. The number of fused-ring (bicyclic) bond motifs is 13. The van der Waals surface area contributed by atoms with Crippen molar-refractivity contribution in [3.8, 4) is 22.3 Å². The Balaban J connectivity index is 1.04. The second kappa shape index (κ2) is 11.7. The first-order valence-corrected chi connectivity index (χ1v) is 20.1. The summed E-state index contributed by atoms with van der Waals surface area (Å²) < 4.78 is 9.38. The number of furan rings is 1. The van der Waals surface area contributed by atoms with Gasteiger partial charge < -0.3 is 9.32 Å². The molecular weight excluding hydrogens is 699 g/mol. The van der Waals surface area contributed by atoms with Crippen LogP contribution in [0.5, 0.6) is 0 Å². The summed E-state index contributed by atoms with van der Waals surface area (Å²) in [6.45, 7) is 4.68. The molecule has 0 N–H and O–H groups in total. The zero-order valence-corrected chi connectivity index (χ0v) is 31.8. The van der Waals surface area contributed by atoms with E-state index in [1.807, 2.05) is 11.3 Å². The van der Waals surface area contributed by atoms with Crippen LogP contribution in [0.3, 0.4) is 0 Å².